The molecule has 0 unspecified atom stereocenters. The Morgan fingerprint density at radius 1 is 1.28 bits per heavy atom. The molecule has 0 bridgehead atoms. The smallest absolute Gasteiger partial charge is 0.123 e. The molecule has 2 rings (SSSR count). The number of aryl methyl sites for hydroxylation is 1. The lowest BCUT2D eigenvalue weighted by Gasteiger charge is -2.08. The van der Waals surface area contributed by atoms with E-state index in [1.807, 2.05) is 18.5 Å². The van der Waals surface area contributed by atoms with Crippen molar-refractivity contribution in [3.63, 3.8) is 0 Å². The summed E-state index contributed by atoms with van der Waals surface area (Å²) in [5.41, 5.74) is 3.64. The van der Waals surface area contributed by atoms with Gasteiger partial charge >= 0.3 is 0 Å². The minimum Gasteiger partial charge on any atom is -0.382 e. The van der Waals surface area contributed by atoms with E-state index in [4.69, 9.17) is 9.47 Å². The van der Waals surface area contributed by atoms with Gasteiger partial charge in [0.2, 0.25) is 0 Å². The Morgan fingerprint density at radius 3 is 2.78 bits per heavy atom. The monoisotopic (exact) mass is 270 g/mol. The van der Waals surface area contributed by atoms with Crippen LogP contribution in [0.25, 0.3) is 10.9 Å². The van der Waals surface area contributed by atoms with Gasteiger partial charge in [-0.2, -0.15) is 0 Å². The number of hydrogen-bond acceptors (Lipinski definition) is 3. The highest BCUT2D eigenvalue weighted by molar-refractivity contribution is 5.85. The summed E-state index contributed by atoms with van der Waals surface area (Å²) in [5.74, 6) is 0. The number of hydrogen-bond donors (Lipinski definition) is 0. The molecule has 0 amide bonds. The van der Waals surface area contributed by atoms with Gasteiger partial charge in [0, 0.05) is 24.4 Å². The second kappa shape index (κ2) is 6.73. The van der Waals surface area contributed by atoms with Crippen molar-refractivity contribution in [1.82, 2.24) is 9.55 Å². The lowest BCUT2D eigenvalue weighted by molar-refractivity contribution is 0.0352. The Labute approximate surface area is 113 Å². The zero-order valence-electron chi connectivity index (χ0n) is 11.0. The molecule has 0 aromatic carbocycles. The normalized spacial score (nSPS) is 10.6. The first kappa shape index (κ1) is 15.0. The summed E-state index contributed by atoms with van der Waals surface area (Å²) in [5, 5.41) is 1.24. The van der Waals surface area contributed by atoms with E-state index in [1.165, 1.54) is 16.6 Å². The van der Waals surface area contributed by atoms with Gasteiger partial charge in [-0.1, -0.05) is 0 Å². The SMILES string of the molecule is COCCOCn1c(C)c(C)c2ccncc21.Cl. The van der Waals surface area contributed by atoms with Crippen LogP contribution in [0.5, 0.6) is 0 Å². The van der Waals surface area contributed by atoms with Crippen molar-refractivity contribution in [3.05, 3.63) is 29.7 Å². The number of halogens is 1. The van der Waals surface area contributed by atoms with Crippen molar-refractivity contribution in [1.29, 1.82) is 0 Å². The predicted octanol–water partition coefficient (Wildman–Crippen LogP) is 2.70. The lowest BCUT2D eigenvalue weighted by Crippen LogP contribution is -2.08. The molecule has 2 heterocycles. The fourth-order valence-electron chi connectivity index (χ4n) is 1.96. The molecular weight excluding hydrogens is 252 g/mol. The summed E-state index contributed by atoms with van der Waals surface area (Å²) in [6, 6.07) is 2.04. The number of fused-ring (bicyclic) bond motifs is 1. The first-order valence-electron chi connectivity index (χ1n) is 5.71. The summed E-state index contributed by atoms with van der Waals surface area (Å²) in [4.78, 5) is 4.17. The zero-order chi connectivity index (χ0) is 12.3. The Morgan fingerprint density at radius 2 is 2.06 bits per heavy atom. The third-order valence-electron chi connectivity index (χ3n) is 3.09. The summed E-state index contributed by atoms with van der Waals surface area (Å²) in [7, 11) is 1.67. The summed E-state index contributed by atoms with van der Waals surface area (Å²) in [6.07, 6.45) is 3.71. The molecule has 0 aliphatic rings. The van der Waals surface area contributed by atoms with Crippen molar-refractivity contribution < 1.29 is 9.47 Å². The van der Waals surface area contributed by atoms with E-state index in [0.717, 1.165) is 5.52 Å². The van der Waals surface area contributed by atoms with E-state index < -0.39 is 0 Å². The molecule has 100 valence electrons. The van der Waals surface area contributed by atoms with Crippen LogP contribution in [-0.2, 0) is 16.2 Å². The molecule has 4 nitrogen and oxygen atoms in total. The van der Waals surface area contributed by atoms with E-state index in [1.54, 1.807) is 7.11 Å². The van der Waals surface area contributed by atoms with Crippen molar-refractivity contribution in [3.8, 4) is 0 Å². The average Bonchev–Trinajstić information content (AvgIpc) is 2.60. The van der Waals surface area contributed by atoms with Gasteiger partial charge in [0.1, 0.15) is 6.73 Å². The van der Waals surface area contributed by atoms with Gasteiger partial charge in [-0.3, -0.25) is 4.98 Å². The summed E-state index contributed by atoms with van der Waals surface area (Å²) >= 11 is 0. The van der Waals surface area contributed by atoms with E-state index in [0.29, 0.717) is 19.9 Å². The first-order chi connectivity index (χ1) is 8.25. The molecule has 18 heavy (non-hydrogen) atoms. The number of methoxy groups -OCH3 is 1. The van der Waals surface area contributed by atoms with E-state index >= 15 is 0 Å². The van der Waals surface area contributed by atoms with Gasteiger partial charge in [-0.05, 0) is 25.5 Å². The lowest BCUT2D eigenvalue weighted by atomic mass is 10.2. The molecule has 0 spiro atoms. The summed E-state index contributed by atoms with van der Waals surface area (Å²) < 4.78 is 12.7. The molecule has 0 saturated carbocycles. The highest BCUT2D eigenvalue weighted by Gasteiger charge is 2.10. The van der Waals surface area contributed by atoms with Crippen molar-refractivity contribution >= 4 is 23.3 Å². The quantitative estimate of drug-likeness (QED) is 0.784. The molecule has 2 aromatic heterocycles. The summed E-state index contributed by atoms with van der Waals surface area (Å²) in [6.45, 7) is 6.01. The standard InChI is InChI=1S/C13H18N2O2.ClH/c1-10-11(2)15(9-17-7-6-16-3)13-8-14-5-4-12(10)13;/h4-5,8H,6-7,9H2,1-3H3;1H. The molecular formula is C13H19ClN2O2. The maximum Gasteiger partial charge on any atom is 0.123 e. The molecule has 2 aromatic rings. The van der Waals surface area contributed by atoms with Gasteiger partial charge in [-0.15, -0.1) is 12.4 Å². The number of ether oxygens (including phenoxy) is 2. The molecule has 0 N–H and O–H groups in total. The topological polar surface area (TPSA) is 36.3 Å². The fraction of sp³-hybridized carbons (Fsp3) is 0.462. The van der Waals surface area contributed by atoms with E-state index in [2.05, 4.69) is 23.4 Å². The average molecular weight is 271 g/mol. The molecule has 0 fully saturated rings. The number of pyridine rings is 1. The fourth-order valence-corrected chi connectivity index (χ4v) is 1.96. The largest absolute Gasteiger partial charge is 0.382 e. The molecule has 0 atom stereocenters. The second-order valence-corrected chi connectivity index (χ2v) is 4.06. The molecule has 0 radical (unpaired) electrons. The Kier molecular flexibility index (Phi) is 5.59. The van der Waals surface area contributed by atoms with Gasteiger partial charge in [0.05, 0.1) is 24.9 Å². The molecule has 0 aliphatic heterocycles. The molecule has 0 aliphatic carbocycles. The van der Waals surface area contributed by atoms with Gasteiger partial charge in [-0.25, -0.2) is 0 Å². The number of nitrogens with zero attached hydrogens (tertiary/aromatic N) is 2. The number of rotatable bonds is 5. The predicted molar refractivity (Wildman–Crippen MR) is 74.3 cm³/mol. The van der Waals surface area contributed by atoms with Crippen LogP contribution in [-0.4, -0.2) is 29.9 Å². The number of aromatic nitrogens is 2. The van der Waals surface area contributed by atoms with Crippen molar-refractivity contribution in [2.75, 3.05) is 20.3 Å². The van der Waals surface area contributed by atoms with Crippen LogP contribution in [0.4, 0.5) is 0 Å². The third kappa shape index (κ3) is 2.83. The van der Waals surface area contributed by atoms with Crippen LogP contribution in [0.3, 0.4) is 0 Å². The third-order valence-corrected chi connectivity index (χ3v) is 3.09. The van der Waals surface area contributed by atoms with E-state index in [-0.39, 0.29) is 12.4 Å². The first-order valence-corrected chi connectivity index (χ1v) is 5.71. The molecule has 0 saturated heterocycles. The van der Waals surface area contributed by atoms with Crippen LogP contribution >= 0.6 is 12.4 Å². The van der Waals surface area contributed by atoms with E-state index in [9.17, 15) is 0 Å². The van der Waals surface area contributed by atoms with Crippen molar-refractivity contribution in [2.24, 2.45) is 0 Å². The maximum absolute atomic E-state index is 5.57. The zero-order valence-corrected chi connectivity index (χ0v) is 11.8. The van der Waals surface area contributed by atoms with Crippen LogP contribution < -0.4 is 0 Å². The van der Waals surface area contributed by atoms with Crippen LogP contribution in [0.1, 0.15) is 11.3 Å². The highest BCUT2D eigenvalue weighted by Crippen LogP contribution is 2.23. The Balaban J connectivity index is 0.00000162. The van der Waals surface area contributed by atoms with Crippen LogP contribution in [0.15, 0.2) is 18.5 Å². The minimum absolute atomic E-state index is 0. The van der Waals surface area contributed by atoms with Gasteiger partial charge in [0.25, 0.3) is 0 Å². The minimum atomic E-state index is 0. The van der Waals surface area contributed by atoms with Gasteiger partial charge in [0.15, 0.2) is 0 Å². The maximum atomic E-state index is 5.57. The second-order valence-electron chi connectivity index (χ2n) is 4.06. The van der Waals surface area contributed by atoms with Gasteiger partial charge < -0.3 is 14.0 Å². The van der Waals surface area contributed by atoms with Crippen molar-refractivity contribution in [2.45, 2.75) is 20.6 Å². The van der Waals surface area contributed by atoms with Crippen LogP contribution in [0.2, 0.25) is 0 Å². The highest BCUT2D eigenvalue weighted by atomic mass is 35.5. The molecule has 5 heteroatoms. The Bertz CT molecular complexity index is 511. The van der Waals surface area contributed by atoms with Crippen LogP contribution in [0, 0.1) is 13.8 Å². The Hall–Kier alpha value is -1.10.